The third kappa shape index (κ3) is 4.25. The van der Waals surface area contributed by atoms with Gasteiger partial charge in [-0.05, 0) is 64.0 Å². The molecular weight excluding hydrogens is 527 g/mol. The maximum atomic E-state index is 2.42. The molecule has 0 amide bonds. The highest BCUT2D eigenvalue weighted by Crippen LogP contribution is 2.46. The Morgan fingerprint density at radius 2 is 1.05 bits per heavy atom. The minimum absolute atomic E-state index is 1.13. The van der Waals surface area contributed by atoms with Crippen molar-refractivity contribution in [3.8, 4) is 22.3 Å². The summed E-state index contributed by atoms with van der Waals surface area (Å²) in [6.07, 6.45) is 0. The van der Waals surface area contributed by atoms with E-state index in [-0.39, 0.29) is 0 Å². The number of fused-ring (bicyclic) bond motifs is 5. The number of benzene rings is 7. The number of hydrogen-bond acceptors (Lipinski definition) is 2. The molecule has 1 heterocycles. The van der Waals surface area contributed by atoms with Gasteiger partial charge in [0, 0.05) is 36.9 Å². The number of rotatable bonds is 5. The molecule has 0 aliphatic rings. The van der Waals surface area contributed by atoms with Gasteiger partial charge in [0.05, 0.1) is 5.69 Å². The van der Waals surface area contributed by atoms with Gasteiger partial charge in [-0.25, -0.2) is 0 Å². The Morgan fingerprint density at radius 3 is 1.83 bits per heavy atom. The third-order valence-electron chi connectivity index (χ3n) is 8.05. The van der Waals surface area contributed by atoms with Crippen LogP contribution < -0.4 is 4.90 Å². The van der Waals surface area contributed by atoms with Crippen LogP contribution in [-0.2, 0) is 0 Å². The molecule has 0 spiro atoms. The van der Waals surface area contributed by atoms with E-state index < -0.39 is 0 Å². The van der Waals surface area contributed by atoms with Crippen LogP contribution in [0, 0.1) is 0 Å². The molecule has 7 aromatic carbocycles. The normalized spacial score (nSPS) is 11.3. The van der Waals surface area contributed by atoms with Gasteiger partial charge in [-0.2, -0.15) is 0 Å². The van der Waals surface area contributed by atoms with E-state index in [2.05, 4.69) is 169 Å². The summed E-state index contributed by atoms with van der Waals surface area (Å²) in [6.45, 7) is 0. The van der Waals surface area contributed by atoms with Gasteiger partial charge in [0.15, 0.2) is 0 Å². The molecule has 8 rings (SSSR count). The summed E-state index contributed by atoms with van der Waals surface area (Å²) in [5.74, 6) is 0. The average molecular weight is 554 g/mol. The molecular formula is C40H27NS. The second kappa shape index (κ2) is 10.3. The summed E-state index contributed by atoms with van der Waals surface area (Å²) in [5.41, 5.74) is 8.29. The van der Waals surface area contributed by atoms with Crippen LogP contribution >= 0.6 is 11.3 Å². The van der Waals surface area contributed by atoms with Crippen LogP contribution in [0.2, 0.25) is 0 Å². The van der Waals surface area contributed by atoms with Crippen molar-refractivity contribution in [2.24, 2.45) is 0 Å². The molecule has 0 atom stereocenters. The molecule has 1 nitrogen and oxygen atoms in total. The molecule has 8 aromatic rings. The van der Waals surface area contributed by atoms with Crippen LogP contribution in [0.4, 0.5) is 17.1 Å². The lowest BCUT2D eigenvalue weighted by Crippen LogP contribution is -2.10. The highest BCUT2D eigenvalue weighted by atomic mass is 32.1. The lowest BCUT2D eigenvalue weighted by molar-refractivity contribution is 1.30. The Balaban J connectivity index is 1.38. The molecule has 0 fully saturated rings. The Hall–Kier alpha value is -5.18. The fourth-order valence-electron chi connectivity index (χ4n) is 6.04. The first-order valence-corrected chi connectivity index (χ1v) is 15.1. The average Bonchev–Trinajstić information content (AvgIpc) is 3.45. The fraction of sp³-hybridized carbons (Fsp3) is 0. The fourth-order valence-corrected chi connectivity index (χ4v) is 7.30. The summed E-state index contributed by atoms with van der Waals surface area (Å²) >= 11 is 1.89. The predicted molar refractivity (Wildman–Crippen MR) is 182 cm³/mol. The molecule has 0 aliphatic carbocycles. The molecule has 0 unspecified atom stereocenters. The molecule has 0 N–H and O–H groups in total. The zero-order chi connectivity index (χ0) is 27.9. The second-order valence-corrected chi connectivity index (χ2v) is 11.6. The summed E-state index contributed by atoms with van der Waals surface area (Å²) in [7, 11) is 0. The van der Waals surface area contributed by atoms with Gasteiger partial charge >= 0.3 is 0 Å². The molecule has 0 saturated carbocycles. The first-order valence-electron chi connectivity index (χ1n) is 14.3. The van der Waals surface area contributed by atoms with Crippen molar-refractivity contribution >= 4 is 59.3 Å². The molecule has 1 aromatic heterocycles. The largest absolute Gasteiger partial charge is 0.310 e. The Labute approximate surface area is 249 Å². The Kier molecular flexibility index (Phi) is 6.05. The molecule has 0 saturated heterocycles. The van der Waals surface area contributed by atoms with Gasteiger partial charge in [-0.3, -0.25) is 0 Å². The van der Waals surface area contributed by atoms with Crippen molar-refractivity contribution in [1.82, 2.24) is 0 Å². The van der Waals surface area contributed by atoms with Crippen molar-refractivity contribution in [3.63, 3.8) is 0 Å². The lowest BCUT2D eigenvalue weighted by Gasteiger charge is -2.28. The molecule has 42 heavy (non-hydrogen) atoms. The van der Waals surface area contributed by atoms with Crippen LogP contribution in [0.3, 0.4) is 0 Å². The van der Waals surface area contributed by atoms with E-state index in [1.165, 1.54) is 58.9 Å². The van der Waals surface area contributed by atoms with Gasteiger partial charge in [0.25, 0.3) is 0 Å². The van der Waals surface area contributed by atoms with Gasteiger partial charge in [-0.15, -0.1) is 11.3 Å². The van der Waals surface area contributed by atoms with E-state index in [1.54, 1.807) is 0 Å². The van der Waals surface area contributed by atoms with Crippen LogP contribution in [-0.4, -0.2) is 0 Å². The van der Waals surface area contributed by atoms with Crippen LogP contribution in [0.5, 0.6) is 0 Å². The Morgan fingerprint density at radius 1 is 0.405 bits per heavy atom. The molecule has 198 valence electrons. The maximum absolute atomic E-state index is 2.42. The smallest absolute Gasteiger partial charge is 0.0554 e. The van der Waals surface area contributed by atoms with Crippen LogP contribution in [0.1, 0.15) is 0 Å². The van der Waals surface area contributed by atoms with Crippen molar-refractivity contribution < 1.29 is 0 Å². The lowest BCUT2D eigenvalue weighted by atomic mass is 10.0. The van der Waals surface area contributed by atoms with Crippen LogP contribution in [0.25, 0.3) is 53.2 Å². The van der Waals surface area contributed by atoms with Gasteiger partial charge in [0.2, 0.25) is 0 Å². The second-order valence-electron chi connectivity index (χ2n) is 10.6. The number of anilines is 3. The zero-order valence-corrected chi connectivity index (χ0v) is 23.8. The van der Waals surface area contributed by atoms with E-state index in [4.69, 9.17) is 0 Å². The summed E-state index contributed by atoms with van der Waals surface area (Å²) in [4.78, 5) is 2.42. The maximum Gasteiger partial charge on any atom is 0.0554 e. The number of nitrogens with zero attached hydrogens (tertiary/aromatic N) is 1. The first-order chi connectivity index (χ1) is 20.8. The van der Waals surface area contributed by atoms with E-state index in [1.807, 2.05) is 11.3 Å². The van der Waals surface area contributed by atoms with Crippen molar-refractivity contribution in [2.45, 2.75) is 0 Å². The van der Waals surface area contributed by atoms with Gasteiger partial charge < -0.3 is 4.90 Å². The van der Waals surface area contributed by atoms with E-state index in [0.29, 0.717) is 0 Å². The van der Waals surface area contributed by atoms with E-state index >= 15 is 0 Å². The highest BCUT2D eigenvalue weighted by molar-refractivity contribution is 7.26. The minimum Gasteiger partial charge on any atom is -0.310 e. The topological polar surface area (TPSA) is 3.24 Å². The molecule has 0 aliphatic heterocycles. The minimum atomic E-state index is 1.13. The standard InChI is InChI=1S/C40H27NS/c1-3-11-28(12-4-1)30-21-24-33(25-22-30)41(34-17-9-16-32(27-34)29-13-5-2-6-14-29)37-19-10-15-31-23-26-36-35-18-7-8-20-38(35)42-40(36)39(31)37/h1-27H. The summed E-state index contributed by atoms with van der Waals surface area (Å²) in [6, 6.07) is 59.1. The number of hydrogen-bond donors (Lipinski definition) is 0. The molecule has 2 heteroatoms. The SMILES string of the molecule is c1ccc(-c2ccc(N(c3cccc(-c4ccccc4)c3)c3cccc4ccc5c6ccccc6sc5c34)cc2)cc1. The zero-order valence-electron chi connectivity index (χ0n) is 22.9. The Bertz CT molecular complexity index is 2180. The first kappa shape index (κ1) is 24.6. The summed E-state index contributed by atoms with van der Waals surface area (Å²) < 4.78 is 2.65. The highest BCUT2D eigenvalue weighted by Gasteiger charge is 2.19. The van der Waals surface area contributed by atoms with E-state index in [0.717, 1.165) is 11.4 Å². The molecule has 0 radical (unpaired) electrons. The monoisotopic (exact) mass is 553 g/mol. The quantitative estimate of drug-likeness (QED) is 0.205. The van der Waals surface area contributed by atoms with Crippen molar-refractivity contribution in [2.75, 3.05) is 4.90 Å². The number of thiophene rings is 1. The van der Waals surface area contributed by atoms with Crippen molar-refractivity contribution in [3.05, 3.63) is 164 Å². The molecule has 0 bridgehead atoms. The third-order valence-corrected chi connectivity index (χ3v) is 9.25. The van der Waals surface area contributed by atoms with Crippen LogP contribution in [0.15, 0.2) is 164 Å². The van der Waals surface area contributed by atoms with Crippen molar-refractivity contribution in [1.29, 1.82) is 0 Å². The van der Waals surface area contributed by atoms with E-state index in [9.17, 15) is 0 Å². The summed E-state index contributed by atoms with van der Waals surface area (Å²) in [5, 5.41) is 5.16. The predicted octanol–water partition coefficient (Wildman–Crippen LogP) is 12.0. The van der Waals surface area contributed by atoms with Gasteiger partial charge in [0.1, 0.15) is 0 Å². The van der Waals surface area contributed by atoms with Gasteiger partial charge in [-0.1, -0.05) is 127 Å².